The number of imidazole rings is 1. The van der Waals surface area contributed by atoms with Crippen LogP contribution in [0.5, 0.6) is 0 Å². The van der Waals surface area contributed by atoms with Crippen LogP contribution in [0.15, 0.2) is 59.2 Å². The van der Waals surface area contributed by atoms with Gasteiger partial charge in [0.15, 0.2) is 17.2 Å². The minimum absolute atomic E-state index is 0.683. The first-order chi connectivity index (χ1) is 12.7. The number of rotatable bonds is 6. The highest BCUT2D eigenvalue weighted by atomic mass is 35.5. The quantitative estimate of drug-likeness (QED) is 0.498. The summed E-state index contributed by atoms with van der Waals surface area (Å²) in [4.78, 5) is 9.49. The fourth-order valence-corrected chi connectivity index (χ4v) is 3.05. The van der Waals surface area contributed by atoms with Crippen LogP contribution in [0.2, 0.25) is 5.02 Å². The summed E-state index contributed by atoms with van der Waals surface area (Å²) in [5.41, 5.74) is 2.87. The van der Waals surface area contributed by atoms with Gasteiger partial charge in [0.2, 0.25) is 0 Å². The van der Waals surface area contributed by atoms with Crippen molar-refractivity contribution in [2.24, 2.45) is 0 Å². The number of benzene rings is 1. The van der Waals surface area contributed by atoms with Gasteiger partial charge in [-0.25, -0.2) is 9.97 Å². The number of aryl methyl sites for hydroxylation is 1. The summed E-state index contributed by atoms with van der Waals surface area (Å²) in [6.45, 7) is 3.66. The van der Waals surface area contributed by atoms with Crippen LogP contribution in [0.3, 0.4) is 0 Å². The Morgan fingerprint density at radius 3 is 2.65 bits per heavy atom. The molecule has 0 unspecified atom stereocenters. The summed E-state index contributed by atoms with van der Waals surface area (Å²) < 4.78 is 7.66. The summed E-state index contributed by atoms with van der Waals surface area (Å²) in [6, 6.07) is 15.5. The number of halogens is 1. The molecule has 4 aromatic rings. The number of fused-ring (bicyclic) bond motifs is 1. The van der Waals surface area contributed by atoms with E-state index in [4.69, 9.17) is 26.0 Å². The Bertz CT molecular complexity index is 1010. The Balaban J connectivity index is 1.65. The van der Waals surface area contributed by atoms with Crippen LogP contribution < -0.4 is 5.32 Å². The molecular formula is C20H19ClN4O. The molecule has 1 aromatic carbocycles. The molecule has 4 rings (SSSR count). The molecule has 0 atom stereocenters. The van der Waals surface area contributed by atoms with E-state index in [0.29, 0.717) is 6.54 Å². The molecular weight excluding hydrogens is 348 g/mol. The molecule has 0 aliphatic heterocycles. The lowest BCUT2D eigenvalue weighted by Gasteiger charge is -2.08. The SMILES string of the molecule is CCCn1c(-c2ccco2)nc2ccc(NCc3ccc(Cl)cc3)nc21. The number of nitrogens with zero attached hydrogens (tertiary/aromatic N) is 3. The lowest BCUT2D eigenvalue weighted by atomic mass is 10.2. The minimum Gasteiger partial charge on any atom is -0.461 e. The summed E-state index contributed by atoms with van der Waals surface area (Å²) in [6.07, 6.45) is 2.65. The summed E-state index contributed by atoms with van der Waals surface area (Å²) in [5, 5.41) is 4.11. The van der Waals surface area contributed by atoms with Crippen LogP contribution >= 0.6 is 11.6 Å². The van der Waals surface area contributed by atoms with Gasteiger partial charge in [-0.05, 0) is 48.4 Å². The van der Waals surface area contributed by atoms with Crippen molar-refractivity contribution in [1.29, 1.82) is 0 Å². The van der Waals surface area contributed by atoms with E-state index in [-0.39, 0.29) is 0 Å². The minimum atomic E-state index is 0.683. The first kappa shape index (κ1) is 16.7. The fourth-order valence-electron chi connectivity index (χ4n) is 2.92. The zero-order valence-corrected chi connectivity index (χ0v) is 15.2. The zero-order chi connectivity index (χ0) is 17.9. The maximum atomic E-state index is 5.94. The Kier molecular flexibility index (Phi) is 4.63. The molecule has 1 N–H and O–H groups in total. The molecule has 0 aliphatic carbocycles. The van der Waals surface area contributed by atoms with E-state index in [9.17, 15) is 0 Å². The number of hydrogen-bond acceptors (Lipinski definition) is 4. The molecule has 0 aliphatic rings. The molecule has 132 valence electrons. The van der Waals surface area contributed by atoms with E-state index in [1.807, 2.05) is 48.5 Å². The molecule has 3 heterocycles. The second-order valence-electron chi connectivity index (χ2n) is 6.08. The number of anilines is 1. The van der Waals surface area contributed by atoms with Gasteiger partial charge in [0.1, 0.15) is 11.3 Å². The Morgan fingerprint density at radius 1 is 1.08 bits per heavy atom. The Morgan fingerprint density at radius 2 is 1.92 bits per heavy atom. The van der Waals surface area contributed by atoms with Crippen molar-refractivity contribution < 1.29 is 4.42 Å². The van der Waals surface area contributed by atoms with Crippen molar-refractivity contribution in [2.45, 2.75) is 26.4 Å². The molecule has 0 saturated carbocycles. The highest BCUT2D eigenvalue weighted by Crippen LogP contribution is 2.25. The number of furan rings is 1. The van der Waals surface area contributed by atoms with Gasteiger partial charge in [0.05, 0.1) is 6.26 Å². The number of pyridine rings is 1. The molecule has 5 nitrogen and oxygen atoms in total. The predicted octanol–water partition coefficient (Wildman–Crippen LogP) is 5.37. The molecule has 0 radical (unpaired) electrons. The normalized spacial score (nSPS) is 11.2. The Hall–Kier alpha value is -2.79. The predicted molar refractivity (Wildman–Crippen MR) is 104 cm³/mol. The first-order valence-corrected chi connectivity index (χ1v) is 9.02. The van der Waals surface area contributed by atoms with Crippen molar-refractivity contribution in [3.05, 3.63) is 65.4 Å². The third kappa shape index (κ3) is 3.30. The van der Waals surface area contributed by atoms with Crippen LogP contribution in [0.1, 0.15) is 18.9 Å². The fraction of sp³-hybridized carbons (Fsp3) is 0.200. The average Bonchev–Trinajstić information content (AvgIpc) is 3.30. The monoisotopic (exact) mass is 366 g/mol. The van der Waals surface area contributed by atoms with Gasteiger partial charge in [-0.3, -0.25) is 0 Å². The molecule has 0 amide bonds. The molecule has 6 heteroatoms. The Labute approximate surface area is 156 Å². The molecule has 0 bridgehead atoms. The van der Waals surface area contributed by atoms with Gasteiger partial charge in [0.25, 0.3) is 0 Å². The maximum absolute atomic E-state index is 5.94. The van der Waals surface area contributed by atoms with Crippen molar-refractivity contribution in [1.82, 2.24) is 14.5 Å². The highest BCUT2D eigenvalue weighted by molar-refractivity contribution is 6.30. The van der Waals surface area contributed by atoms with Crippen LogP contribution in [0.25, 0.3) is 22.7 Å². The van der Waals surface area contributed by atoms with Crippen LogP contribution in [0.4, 0.5) is 5.82 Å². The van der Waals surface area contributed by atoms with Crippen LogP contribution in [-0.4, -0.2) is 14.5 Å². The van der Waals surface area contributed by atoms with Gasteiger partial charge in [-0.2, -0.15) is 0 Å². The number of nitrogens with one attached hydrogen (secondary N) is 1. The topological polar surface area (TPSA) is 55.9 Å². The molecule has 26 heavy (non-hydrogen) atoms. The molecule has 0 fully saturated rings. The molecule has 3 aromatic heterocycles. The lowest BCUT2D eigenvalue weighted by Crippen LogP contribution is -2.04. The van der Waals surface area contributed by atoms with E-state index < -0.39 is 0 Å². The van der Waals surface area contributed by atoms with Gasteiger partial charge in [-0.1, -0.05) is 30.7 Å². The van der Waals surface area contributed by atoms with E-state index in [2.05, 4.69) is 16.8 Å². The average molecular weight is 367 g/mol. The lowest BCUT2D eigenvalue weighted by molar-refractivity contribution is 0.568. The zero-order valence-electron chi connectivity index (χ0n) is 14.4. The van der Waals surface area contributed by atoms with Crippen molar-refractivity contribution in [3.8, 4) is 11.6 Å². The van der Waals surface area contributed by atoms with Gasteiger partial charge >= 0.3 is 0 Å². The molecule has 0 saturated heterocycles. The summed E-state index contributed by atoms with van der Waals surface area (Å²) in [5.74, 6) is 2.39. The summed E-state index contributed by atoms with van der Waals surface area (Å²) in [7, 11) is 0. The van der Waals surface area contributed by atoms with Crippen molar-refractivity contribution >= 4 is 28.6 Å². The highest BCUT2D eigenvalue weighted by Gasteiger charge is 2.15. The third-order valence-electron chi connectivity index (χ3n) is 4.17. The van der Waals surface area contributed by atoms with E-state index in [1.54, 1.807) is 6.26 Å². The van der Waals surface area contributed by atoms with Crippen LogP contribution in [0, 0.1) is 0 Å². The second kappa shape index (κ2) is 7.22. The van der Waals surface area contributed by atoms with Crippen molar-refractivity contribution in [3.63, 3.8) is 0 Å². The van der Waals surface area contributed by atoms with E-state index >= 15 is 0 Å². The number of aromatic nitrogens is 3. The number of hydrogen-bond donors (Lipinski definition) is 1. The van der Waals surface area contributed by atoms with E-state index in [1.165, 1.54) is 0 Å². The van der Waals surface area contributed by atoms with Gasteiger partial charge < -0.3 is 14.3 Å². The van der Waals surface area contributed by atoms with Gasteiger partial charge in [0, 0.05) is 18.1 Å². The smallest absolute Gasteiger partial charge is 0.178 e. The third-order valence-corrected chi connectivity index (χ3v) is 4.42. The standard InChI is InChI=1S/C20H19ClN4O/c1-2-11-25-19-16(23-20(25)17-4-3-12-26-17)9-10-18(24-19)22-13-14-5-7-15(21)8-6-14/h3-10,12H,2,11,13H2,1H3,(H,22,24). The second-order valence-corrected chi connectivity index (χ2v) is 6.52. The maximum Gasteiger partial charge on any atom is 0.178 e. The van der Waals surface area contributed by atoms with Crippen molar-refractivity contribution in [2.75, 3.05) is 5.32 Å². The largest absolute Gasteiger partial charge is 0.461 e. The van der Waals surface area contributed by atoms with Gasteiger partial charge in [-0.15, -0.1) is 0 Å². The first-order valence-electron chi connectivity index (χ1n) is 8.64. The van der Waals surface area contributed by atoms with E-state index in [0.717, 1.165) is 52.1 Å². The summed E-state index contributed by atoms with van der Waals surface area (Å²) >= 11 is 5.94. The molecule has 0 spiro atoms. The van der Waals surface area contributed by atoms with Crippen LogP contribution in [-0.2, 0) is 13.1 Å².